The summed E-state index contributed by atoms with van der Waals surface area (Å²) in [5, 5.41) is 2.78. The third-order valence-corrected chi connectivity index (χ3v) is 2.39. The monoisotopic (exact) mass is 215 g/mol. The van der Waals surface area contributed by atoms with Crippen molar-refractivity contribution in [3.63, 3.8) is 0 Å². The van der Waals surface area contributed by atoms with Gasteiger partial charge in [-0.25, -0.2) is 0 Å². The summed E-state index contributed by atoms with van der Waals surface area (Å²) in [5.41, 5.74) is 0.560. The summed E-state index contributed by atoms with van der Waals surface area (Å²) in [5.74, 6) is 1.46. The first-order valence-corrected chi connectivity index (χ1v) is 5.06. The predicted molar refractivity (Wildman–Crippen MR) is 55.7 cm³/mol. The molecule has 0 bridgehead atoms. The molecule has 3 nitrogen and oxygen atoms in total. The van der Waals surface area contributed by atoms with Gasteiger partial charge in [-0.2, -0.15) is 0 Å². The van der Waals surface area contributed by atoms with E-state index < -0.39 is 0 Å². The maximum Gasteiger partial charge on any atom is 0.254 e. The van der Waals surface area contributed by atoms with E-state index in [0.29, 0.717) is 18.0 Å². The lowest BCUT2D eigenvalue weighted by atomic mass is 10.2. The Kier molecular flexibility index (Phi) is 4.01. The fourth-order valence-corrected chi connectivity index (χ4v) is 1.10. The number of carbonyl (C=O) groups excluding carboxylic acids is 1. The molecular weight excluding hydrogens is 202 g/mol. The Hall–Kier alpha value is -0.960. The van der Waals surface area contributed by atoms with Crippen molar-refractivity contribution < 1.29 is 9.21 Å². The highest BCUT2D eigenvalue weighted by Gasteiger charge is 2.09. The molecule has 1 N–H and O–H groups in total. The van der Waals surface area contributed by atoms with Crippen LogP contribution in [-0.2, 0) is 0 Å². The second kappa shape index (κ2) is 5.05. The lowest BCUT2D eigenvalue weighted by Crippen LogP contribution is -2.28. The molecule has 1 aromatic heterocycles. The van der Waals surface area contributed by atoms with Crippen molar-refractivity contribution >= 4 is 17.5 Å². The van der Waals surface area contributed by atoms with Gasteiger partial charge in [0, 0.05) is 12.4 Å². The van der Waals surface area contributed by atoms with Gasteiger partial charge in [-0.3, -0.25) is 4.79 Å². The molecule has 0 aliphatic rings. The third-order valence-electron chi connectivity index (χ3n) is 1.87. The highest BCUT2D eigenvalue weighted by molar-refractivity contribution is 6.18. The molecule has 1 unspecified atom stereocenters. The Balaban J connectivity index is 2.43. The molecule has 1 rings (SSSR count). The molecule has 0 spiro atoms. The summed E-state index contributed by atoms with van der Waals surface area (Å²) in [4.78, 5) is 11.5. The van der Waals surface area contributed by atoms with Crippen molar-refractivity contribution in [3.05, 3.63) is 23.7 Å². The second-order valence-electron chi connectivity index (χ2n) is 3.42. The van der Waals surface area contributed by atoms with Gasteiger partial charge in [0.15, 0.2) is 0 Å². The number of alkyl halides is 1. The Bertz CT molecular complexity index is 309. The number of hydrogen-bond donors (Lipinski definition) is 1. The van der Waals surface area contributed by atoms with Crippen LogP contribution in [0.5, 0.6) is 0 Å². The average molecular weight is 216 g/mol. The largest absolute Gasteiger partial charge is 0.469 e. The van der Waals surface area contributed by atoms with Gasteiger partial charge in [-0.15, -0.1) is 11.6 Å². The van der Waals surface area contributed by atoms with Crippen molar-refractivity contribution in [1.82, 2.24) is 5.32 Å². The molecule has 0 aromatic carbocycles. The van der Waals surface area contributed by atoms with Crippen molar-refractivity contribution in [2.45, 2.75) is 13.8 Å². The topological polar surface area (TPSA) is 42.2 Å². The van der Waals surface area contributed by atoms with Crippen molar-refractivity contribution in [2.75, 3.05) is 12.4 Å². The van der Waals surface area contributed by atoms with Crippen LogP contribution in [0.15, 0.2) is 16.7 Å². The maximum atomic E-state index is 11.5. The molecule has 14 heavy (non-hydrogen) atoms. The zero-order chi connectivity index (χ0) is 10.6. The summed E-state index contributed by atoms with van der Waals surface area (Å²) < 4.78 is 5.03. The van der Waals surface area contributed by atoms with Crippen LogP contribution in [0.25, 0.3) is 0 Å². The minimum atomic E-state index is -0.112. The standard InChI is InChI=1S/C10H14ClNO2/c1-7(4-11)5-12-10(13)9-3-8(2)14-6-9/h3,6-7H,4-5H2,1-2H3,(H,12,13). The molecule has 1 atom stereocenters. The van der Waals surface area contributed by atoms with Gasteiger partial charge in [0.1, 0.15) is 12.0 Å². The van der Waals surface area contributed by atoms with Crippen molar-refractivity contribution in [3.8, 4) is 0 Å². The molecular formula is C10H14ClNO2. The Morgan fingerprint density at radius 1 is 1.71 bits per heavy atom. The predicted octanol–water partition coefficient (Wildman–Crippen LogP) is 2.19. The minimum absolute atomic E-state index is 0.112. The minimum Gasteiger partial charge on any atom is -0.469 e. The quantitative estimate of drug-likeness (QED) is 0.783. The Morgan fingerprint density at radius 2 is 2.43 bits per heavy atom. The van der Waals surface area contributed by atoms with Gasteiger partial charge in [0.25, 0.3) is 5.91 Å². The molecule has 0 aliphatic heterocycles. The summed E-state index contributed by atoms with van der Waals surface area (Å²) in [6, 6.07) is 1.71. The number of carbonyl (C=O) groups is 1. The van der Waals surface area contributed by atoms with E-state index in [0.717, 1.165) is 5.76 Å². The summed E-state index contributed by atoms with van der Waals surface area (Å²) in [7, 11) is 0. The normalized spacial score (nSPS) is 12.5. The summed E-state index contributed by atoms with van der Waals surface area (Å²) in [6.45, 7) is 4.37. The maximum absolute atomic E-state index is 11.5. The van der Waals surface area contributed by atoms with Gasteiger partial charge >= 0.3 is 0 Å². The van der Waals surface area contributed by atoms with Crippen molar-refractivity contribution in [2.24, 2.45) is 5.92 Å². The van der Waals surface area contributed by atoms with Crippen LogP contribution in [0.1, 0.15) is 23.0 Å². The number of nitrogens with one attached hydrogen (secondary N) is 1. The van der Waals surface area contributed by atoms with Crippen LogP contribution < -0.4 is 5.32 Å². The number of hydrogen-bond acceptors (Lipinski definition) is 2. The van der Waals surface area contributed by atoms with E-state index in [9.17, 15) is 4.79 Å². The fraction of sp³-hybridized carbons (Fsp3) is 0.500. The smallest absolute Gasteiger partial charge is 0.254 e. The molecule has 78 valence electrons. The van der Waals surface area contributed by atoms with Gasteiger partial charge < -0.3 is 9.73 Å². The Morgan fingerprint density at radius 3 is 2.93 bits per heavy atom. The number of furan rings is 1. The van der Waals surface area contributed by atoms with E-state index in [1.54, 1.807) is 13.0 Å². The van der Waals surface area contributed by atoms with Gasteiger partial charge in [0.05, 0.1) is 5.56 Å². The fourth-order valence-electron chi connectivity index (χ4n) is 0.986. The van der Waals surface area contributed by atoms with Crippen LogP contribution in [0.4, 0.5) is 0 Å². The first-order valence-electron chi connectivity index (χ1n) is 4.52. The molecule has 0 fully saturated rings. The lowest BCUT2D eigenvalue weighted by Gasteiger charge is -2.07. The number of halogens is 1. The number of rotatable bonds is 4. The molecule has 1 amide bonds. The average Bonchev–Trinajstić information content (AvgIpc) is 2.60. The summed E-state index contributed by atoms with van der Waals surface area (Å²) >= 11 is 5.62. The van der Waals surface area contributed by atoms with Gasteiger partial charge in [0.2, 0.25) is 0 Å². The first-order chi connectivity index (χ1) is 6.63. The molecule has 0 aliphatic carbocycles. The SMILES string of the molecule is Cc1cc(C(=O)NCC(C)CCl)co1. The van der Waals surface area contributed by atoms with E-state index >= 15 is 0 Å². The van der Waals surface area contributed by atoms with Crippen LogP contribution in [-0.4, -0.2) is 18.3 Å². The summed E-state index contributed by atoms with van der Waals surface area (Å²) in [6.07, 6.45) is 1.45. The Labute approximate surface area is 88.4 Å². The molecule has 1 heterocycles. The van der Waals surface area contributed by atoms with Crippen LogP contribution >= 0.6 is 11.6 Å². The van der Waals surface area contributed by atoms with Crippen LogP contribution in [0.3, 0.4) is 0 Å². The first kappa shape index (κ1) is 11.1. The zero-order valence-corrected chi connectivity index (χ0v) is 9.10. The lowest BCUT2D eigenvalue weighted by molar-refractivity contribution is 0.0948. The van der Waals surface area contributed by atoms with E-state index in [2.05, 4.69) is 5.32 Å². The molecule has 0 saturated heterocycles. The molecule has 4 heteroatoms. The third kappa shape index (κ3) is 3.07. The molecule has 0 saturated carbocycles. The highest BCUT2D eigenvalue weighted by atomic mass is 35.5. The number of amides is 1. The van der Waals surface area contributed by atoms with E-state index in [-0.39, 0.29) is 11.8 Å². The number of aryl methyl sites for hydroxylation is 1. The second-order valence-corrected chi connectivity index (χ2v) is 3.72. The van der Waals surface area contributed by atoms with E-state index in [1.165, 1.54) is 6.26 Å². The zero-order valence-electron chi connectivity index (χ0n) is 8.34. The van der Waals surface area contributed by atoms with Gasteiger partial charge in [-0.1, -0.05) is 6.92 Å². The van der Waals surface area contributed by atoms with Gasteiger partial charge in [-0.05, 0) is 18.9 Å². The van der Waals surface area contributed by atoms with E-state index in [1.807, 2.05) is 6.92 Å². The van der Waals surface area contributed by atoms with E-state index in [4.69, 9.17) is 16.0 Å². The molecule has 0 radical (unpaired) electrons. The highest BCUT2D eigenvalue weighted by Crippen LogP contribution is 2.06. The van der Waals surface area contributed by atoms with Crippen molar-refractivity contribution in [1.29, 1.82) is 0 Å². The van der Waals surface area contributed by atoms with Crippen LogP contribution in [0, 0.1) is 12.8 Å². The molecule has 1 aromatic rings. The van der Waals surface area contributed by atoms with Crippen LogP contribution in [0.2, 0.25) is 0 Å².